The molecule has 0 unspecified atom stereocenters. The highest BCUT2D eigenvalue weighted by Crippen LogP contribution is 2.36. The van der Waals surface area contributed by atoms with E-state index in [4.69, 9.17) is 4.43 Å². The van der Waals surface area contributed by atoms with E-state index in [9.17, 15) is 9.90 Å². The van der Waals surface area contributed by atoms with Crippen molar-refractivity contribution in [2.24, 2.45) is 5.41 Å². The quantitative estimate of drug-likeness (QED) is 0.754. The first kappa shape index (κ1) is 19.8. The molecule has 0 atom stereocenters. The Morgan fingerprint density at radius 1 is 1.22 bits per heavy atom. The van der Waals surface area contributed by atoms with Gasteiger partial charge in [0, 0.05) is 24.9 Å². The van der Waals surface area contributed by atoms with Gasteiger partial charge in [-0.15, -0.1) is 0 Å². The molecule has 130 valence electrons. The predicted molar refractivity (Wildman–Crippen MR) is 96.2 cm³/mol. The number of pyridine rings is 1. The minimum atomic E-state index is -1.70. The van der Waals surface area contributed by atoms with E-state index < -0.39 is 19.7 Å². The van der Waals surface area contributed by atoms with E-state index in [0.717, 1.165) is 17.7 Å². The first-order chi connectivity index (χ1) is 10.3. The maximum atomic E-state index is 11.2. The fraction of sp³-hybridized carbons (Fsp3) is 0.667. The zero-order valence-electron chi connectivity index (χ0n) is 15.6. The maximum Gasteiger partial charge on any atom is 0.309 e. The summed E-state index contributed by atoms with van der Waals surface area (Å²) in [5.41, 5.74) is 1.15. The lowest BCUT2D eigenvalue weighted by atomic mass is 9.88. The standard InChI is InChI=1S/C18H31NO3Si/c1-17(2,3)23(6,7)22-11-10-14-8-9-15(19-13-14)12-18(4,5)16(20)21/h8-9,13H,10-12H2,1-7H3,(H,20,21). The molecule has 0 amide bonds. The van der Waals surface area contributed by atoms with E-state index in [2.05, 4.69) is 38.8 Å². The normalized spacial score (nSPS) is 13.2. The Kier molecular flexibility index (Phi) is 6.16. The number of rotatable bonds is 7. The highest BCUT2D eigenvalue weighted by atomic mass is 28.4. The second kappa shape index (κ2) is 7.14. The zero-order valence-corrected chi connectivity index (χ0v) is 16.6. The van der Waals surface area contributed by atoms with Crippen molar-refractivity contribution in [2.75, 3.05) is 6.61 Å². The van der Waals surface area contributed by atoms with E-state index >= 15 is 0 Å². The summed E-state index contributed by atoms with van der Waals surface area (Å²) in [6.45, 7) is 15.4. The molecule has 0 spiro atoms. The lowest BCUT2D eigenvalue weighted by molar-refractivity contribution is -0.146. The third kappa shape index (κ3) is 5.73. The molecule has 0 aliphatic rings. The molecule has 0 fully saturated rings. The van der Waals surface area contributed by atoms with Gasteiger partial charge in [-0.3, -0.25) is 9.78 Å². The number of carboxylic acid groups (broad SMARTS) is 1. The van der Waals surface area contributed by atoms with Crippen molar-refractivity contribution in [3.05, 3.63) is 29.6 Å². The average Bonchev–Trinajstić information content (AvgIpc) is 2.38. The monoisotopic (exact) mass is 337 g/mol. The molecule has 1 rings (SSSR count). The van der Waals surface area contributed by atoms with Crippen LogP contribution in [0.1, 0.15) is 45.9 Å². The van der Waals surface area contributed by atoms with Crippen molar-refractivity contribution in [3.63, 3.8) is 0 Å². The zero-order chi connectivity index (χ0) is 17.9. The Balaban J connectivity index is 2.57. The lowest BCUT2D eigenvalue weighted by Crippen LogP contribution is -2.41. The van der Waals surface area contributed by atoms with Gasteiger partial charge in [0.25, 0.3) is 0 Å². The third-order valence-electron chi connectivity index (χ3n) is 4.75. The van der Waals surface area contributed by atoms with E-state index in [-0.39, 0.29) is 5.04 Å². The van der Waals surface area contributed by atoms with Crippen LogP contribution < -0.4 is 0 Å². The summed E-state index contributed by atoms with van der Waals surface area (Å²) in [7, 11) is -1.70. The summed E-state index contributed by atoms with van der Waals surface area (Å²) in [6.07, 6.45) is 3.10. The number of hydrogen-bond donors (Lipinski definition) is 1. The van der Waals surface area contributed by atoms with Gasteiger partial charge in [0.1, 0.15) is 0 Å². The van der Waals surface area contributed by atoms with Crippen LogP contribution in [0.4, 0.5) is 0 Å². The molecule has 0 bridgehead atoms. The smallest absolute Gasteiger partial charge is 0.309 e. The van der Waals surface area contributed by atoms with E-state index in [1.807, 2.05) is 18.3 Å². The van der Waals surface area contributed by atoms with Gasteiger partial charge in [0.2, 0.25) is 0 Å². The first-order valence-electron chi connectivity index (χ1n) is 8.16. The highest BCUT2D eigenvalue weighted by molar-refractivity contribution is 6.74. The Morgan fingerprint density at radius 2 is 1.83 bits per heavy atom. The molecule has 1 N–H and O–H groups in total. The molecule has 0 aliphatic carbocycles. The fourth-order valence-electron chi connectivity index (χ4n) is 1.88. The topological polar surface area (TPSA) is 59.4 Å². The van der Waals surface area contributed by atoms with Crippen molar-refractivity contribution in [1.82, 2.24) is 4.98 Å². The molecule has 23 heavy (non-hydrogen) atoms. The lowest BCUT2D eigenvalue weighted by Gasteiger charge is -2.36. The molecule has 0 saturated heterocycles. The third-order valence-corrected chi connectivity index (χ3v) is 9.29. The van der Waals surface area contributed by atoms with Gasteiger partial charge in [-0.25, -0.2) is 0 Å². The van der Waals surface area contributed by atoms with Crippen molar-refractivity contribution in [2.45, 2.75) is 65.6 Å². The molecular weight excluding hydrogens is 306 g/mol. The summed E-state index contributed by atoms with van der Waals surface area (Å²) < 4.78 is 6.17. The first-order valence-corrected chi connectivity index (χ1v) is 11.1. The van der Waals surface area contributed by atoms with Crippen LogP contribution in [-0.4, -0.2) is 31.0 Å². The van der Waals surface area contributed by atoms with Crippen molar-refractivity contribution >= 4 is 14.3 Å². The Hall–Kier alpha value is -1.20. The van der Waals surface area contributed by atoms with Crippen molar-refractivity contribution in [1.29, 1.82) is 0 Å². The van der Waals surface area contributed by atoms with Gasteiger partial charge in [0.05, 0.1) is 5.41 Å². The predicted octanol–water partition coefficient (Wildman–Crippen LogP) is 4.30. The molecule has 1 aromatic rings. The minimum absolute atomic E-state index is 0.220. The second-order valence-corrected chi connectivity index (χ2v) is 13.2. The van der Waals surface area contributed by atoms with Gasteiger partial charge in [0.15, 0.2) is 8.32 Å². The number of aromatic nitrogens is 1. The van der Waals surface area contributed by atoms with Crippen LogP contribution in [0, 0.1) is 5.41 Å². The van der Waals surface area contributed by atoms with Gasteiger partial charge in [-0.1, -0.05) is 26.8 Å². The molecular formula is C18H31NO3Si. The summed E-state index contributed by atoms with van der Waals surface area (Å²) in [5, 5.41) is 9.39. The Labute approximate surface area is 141 Å². The molecule has 0 aromatic carbocycles. The molecule has 1 heterocycles. The van der Waals surface area contributed by atoms with Gasteiger partial charge in [-0.05, 0) is 50.0 Å². The highest BCUT2D eigenvalue weighted by Gasteiger charge is 2.36. The molecule has 4 nitrogen and oxygen atoms in total. The van der Waals surface area contributed by atoms with Crippen LogP contribution in [0.2, 0.25) is 18.1 Å². The molecule has 1 aromatic heterocycles. The number of nitrogens with zero attached hydrogens (tertiary/aromatic N) is 1. The van der Waals surface area contributed by atoms with E-state index in [1.54, 1.807) is 13.8 Å². The second-order valence-electron chi connectivity index (χ2n) is 8.38. The molecule has 0 aliphatic heterocycles. The summed E-state index contributed by atoms with van der Waals surface area (Å²) in [5.74, 6) is -0.800. The molecule has 0 radical (unpaired) electrons. The molecule has 5 heteroatoms. The van der Waals surface area contributed by atoms with Crippen LogP contribution in [0.15, 0.2) is 18.3 Å². The van der Waals surface area contributed by atoms with Crippen molar-refractivity contribution < 1.29 is 14.3 Å². The summed E-state index contributed by atoms with van der Waals surface area (Å²) in [4.78, 5) is 15.6. The number of carboxylic acids is 1. The van der Waals surface area contributed by atoms with Crippen LogP contribution in [0.25, 0.3) is 0 Å². The summed E-state index contributed by atoms with van der Waals surface area (Å²) >= 11 is 0. The largest absolute Gasteiger partial charge is 0.481 e. The minimum Gasteiger partial charge on any atom is -0.481 e. The Morgan fingerprint density at radius 3 is 2.26 bits per heavy atom. The van der Waals surface area contributed by atoms with Gasteiger partial charge < -0.3 is 9.53 Å². The fourth-order valence-corrected chi connectivity index (χ4v) is 2.92. The van der Waals surface area contributed by atoms with Crippen LogP contribution in [0.3, 0.4) is 0 Å². The van der Waals surface area contributed by atoms with E-state index in [0.29, 0.717) is 13.0 Å². The van der Waals surface area contributed by atoms with E-state index in [1.165, 1.54) is 0 Å². The van der Waals surface area contributed by atoms with Gasteiger partial charge >= 0.3 is 5.97 Å². The number of carbonyl (C=O) groups is 1. The average molecular weight is 338 g/mol. The van der Waals surface area contributed by atoms with Crippen LogP contribution in [-0.2, 0) is 22.1 Å². The van der Waals surface area contributed by atoms with Crippen LogP contribution >= 0.6 is 0 Å². The maximum absolute atomic E-state index is 11.2. The van der Waals surface area contributed by atoms with Crippen molar-refractivity contribution in [3.8, 4) is 0 Å². The van der Waals surface area contributed by atoms with Gasteiger partial charge in [-0.2, -0.15) is 0 Å². The number of hydrogen-bond acceptors (Lipinski definition) is 3. The summed E-state index contributed by atoms with van der Waals surface area (Å²) in [6, 6.07) is 3.95. The SMILES string of the molecule is CC(C)(Cc1ccc(CCO[Si](C)(C)C(C)(C)C)cn1)C(=O)O. The Bertz CT molecular complexity index is 530. The number of aliphatic carboxylic acids is 1. The molecule has 0 saturated carbocycles. The van der Waals surface area contributed by atoms with Crippen LogP contribution in [0.5, 0.6) is 0 Å².